The average Bonchev–Trinajstić information content (AvgIpc) is 2.83. The summed E-state index contributed by atoms with van der Waals surface area (Å²) in [4.78, 5) is 0. The van der Waals surface area contributed by atoms with E-state index in [0.717, 1.165) is 0 Å². The SMILES string of the molecule is Fc1ccc(C2CC2C(F)(F)F)cc1. The molecule has 0 aromatic heterocycles. The second kappa shape index (κ2) is 2.97. The van der Waals surface area contributed by atoms with Crippen molar-refractivity contribution >= 4 is 0 Å². The van der Waals surface area contributed by atoms with Crippen molar-refractivity contribution in [2.45, 2.75) is 18.5 Å². The average molecular weight is 204 g/mol. The van der Waals surface area contributed by atoms with Crippen LogP contribution in [0.4, 0.5) is 17.6 Å². The molecule has 0 spiro atoms. The third kappa shape index (κ3) is 1.74. The van der Waals surface area contributed by atoms with Gasteiger partial charge in [-0.05, 0) is 30.0 Å². The maximum absolute atomic E-state index is 12.5. The molecule has 1 aliphatic rings. The van der Waals surface area contributed by atoms with Crippen molar-refractivity contribution in [3.8, 4) is 0 Å². The van der Waals surface area contributed by atoms with E-state index < -0.39 is 23.8 Å². The summed E-state index contributed by atoms with van der Waals surface area (Å²) in [5.41, 5.74) is 0.578. The van der Waals surface area contributed by atoms with Crippen LogP contribution in [-0.2, 0) is 0 Å². The fraction of sp³-hybridized carbons (Fsp3) is 0.400. The molecule has 14 heavy (non-hydrogen) atoms. The third-order valence-electron chi connectivity index (χ3n) is 2.51. The van der Waals surface area contributed by atoms with Gasteiger partial charge in [0.25, 0.3) is 0 Å². The molecule has 0 aliphatic heterocycles. The summed E-state index contributed by atoms with van der Waals surface area (Å²) in [6.07, 6.45) is -3.98. The molecular formula is C10H8F4. The number of hydrogen-bond donors (Lipinski definition) is 0. The monoisotopic (exact) mass is 204 g/mol. The molecular weight excluding hydrogens is 196 g/mol. The fourth-order valence-corrected chi connectivity index (χ4v) is 1.64. The molecule has 1 aromatic carbocycles. The molecule has 0 amide bonds. The van der Waals surface area contributed by atoms with Crippen molar-refractivity contribution in [3.05, 3.63) is 35.6 Å². The molecule has 0 nitrogen and oxygen atoms in total. The Hall–Kier alpha value is -1.06. The van der Waals surface area contributed by atoms with Crippen LogP contribution in [-0.4, -0.2) is 6.18 Å². The Balaban J connectivity index is 2.10. The van der Waals surface area contributed by atoms with Gasteiger partial charge in [0, 0.05) is 0 Å². The molecule has 0 saturated heterocycles. The quantitative estimate of drug-likeness (QED) is 0.614. The molecule has 1 saturated carbocycles. The Morgan fingerprint density at radius 1 is 1.07 bits per heavy atom. The maximum atomic E-state index is 12.5. The Labute approximate surface area is 78.5 Å². The molecule has 2 unspecified atom stereocenters. The number of rotatable bonds is 1. The molecule has 0 N–H and O–H groups in total. The lowest BCUT2D eigenvalue weighted by Crippen LogP contribution is -2.11. The van der Waals surface area contributed by atoms with E-state index in [2.05, 4.69) is 0 Å². The third-order valence-corrected chi connectivity index (χ3v) is 2.51. The van der Waals surface area contributed by atoms with E-state index in [1.54, 1.807) is 0 Å². The topological polar surface area (TPSA) is 0 Å². The Morgan fingerprint density at radius 2 is 1.64 bits per heavy atom. The minimum Gasteiger partial charge on any atom is -0.207 e. The first-order valence-corrected chi connectivity index (χ1v) is 4.30. The van der Waals surface area contributed by atoms with Crippen LogP contribution in [0.15, 0.2) is 24.3 Å². The highest BCUT2D eigenvalue weighted by Gasteiger charge is 2.55. The lowest BCUT2D eigenvalue weighted by molar-refractivity contribution is -0.148. The van der Waals surface area contributed by atoms with Crippen LogP contribution >= 0.6 is 0 Å². The van der Waals surface area contributed by atoms with Crippen LogP contribution < -0.4 is 0 Å². The zero-order chi connectivity index (χ0) is 10.3. The fourth-order valence-electron chi connectivity index (χ4n) is 1.64. The lowest BCUT2D eigenvalue weighted by atomic mass is 10.1. The van der Waals surface area contributed by atoms with Crippen molar-refractivity contribution in [1.82, 2.24) is 0 Å². The number of hydrogen-bond acceptors (Lipinski definition) is 0. The highest BCUT2D eigenvalue weighted by atomic mass is 19.4. The standard InChI is InChI=1S/C10H8F4/c11-7-3-1-6(2-4-7)8-5-9(8)10(12,13)14/h1-4,8-9H,5H2. The lowest BCUT2D eigenvalue weighted by Gasteiger charge is -2.04. The van der Waals surface area contributed by atoms with Crippen LogP contribution in [0.3, 0.4) is 0 Å². The van der Waals surface area contributed by atoms with Gasteiger partial charge in [0.2, 0.25) is 0 Å². The van der Waals surface area contributed by atoms with Gasteiger partial charge >= 0.3 is 6.18 Å². The second-order valence-electron chi connectivity index (χ2n) is 3.54. The van der Waals surface area contributed by atoms with E-state index in [4.69, 9.17) is 0 Å². The minimum absolute atomic E-state index is 0.134. The predicted octanol–water partition coefficient (Wildman–Crippen LogP) is 3.49. The van der Waals surface area contributed by atoms with Gasteiger partial charge < -0.3 is 0 Å². The molecule has 4 heteroatoms. The second-order valence-corrected chi connectivity index (χ2v) is 3.54. The summed E-state index contributed by atoms with van der Waals surface area (Å²) in [5, 5.41) is 0. The first kappa shape index (κ1) is 9.49. The zero-order valence-corrected chi connectivity index (χ0v) is 7.18. The molecule has 0 radical (unpaired) electrons. The smallest absolute Gasteiger partial charge is 0.207 e. The number of halogens is 4. The zero-order valence-electron chi connectivity index (χ0n) is 7.18. The van der Waals surface area contributed by atoms with Gasteiger partial charge in [0.1, 0.15) is 5.82 Å². The molecule has 0 heterocycles. The van der Waals surface area contributed by atoms with Crippen molar-refractivity contribution in [3.63, 3.8) is 0 Å². The van der Waals surface area contributed by atoms with Gasteiger partial charge in [-0.2, -0.15) is 13.2 Å². The minimum atomic E-state index is -4.11. The summed E-state index contributed by atoms with van der Waals surface area (Å²) < 4.78 is 49.0. The van der Waals surface area contributed by atoms with Crippen LogP contribution in [0.5, 0.6) is 0 Å². The van der Waals surface area contributed by atoms with E-state index in [0.29, 0.717) is 5.56 Å². The van der Waals surface area contributed by atoms with Crippen LogP contribution in [0.25, 0.3) is 0 Å². The summed E-state index contributed by atoms with van der Waals surface area (Å²) in [5.74, 6) is -2.11. The van der Waals surface area contributed by atoms with Crippen LogP contribution in [0.1, 0.15) is 17.9 Å². The van der Waals surface area contributed by atoms with Gasteiger partial charge in [-0.3, -0.25) is 0 Å². The molecule has 1 fully saturated rings. The number of benzene rings is 1. The molecule has 76 valence electrons. The molecule has 2 rings (SSSR count). The van der Waals surface area contributed by atoms with Crippen molar-refractivity contribution in [2.75, 3.05) is 0 Å². The first-order chi connectivity index (χ1) is 6.48. The predicted molar refractivity (Wildman–Crippen MR) is 43.3 cm³/mol. The molecule has 1 aromatic rings. The summed E-state index contributed by atoms with van der Waals surface area (Å²) in [7, 11) is 0. The maximum Gasteiger partial charge on any atom is 0.392 e. The summed E-state index contributed by atoms with van der Waals surface area (Å²) in [6.45, 7) is 0. The van der Waals surface area contributed by atoms with Gasteiger partial charge in [0.05, 0.1) is 5.92 Å². The van der Waals surface area contributed by atoms with E-state index in [9.17, 15) is 17.6 Å². The normalized spacial score (nSPS) is 26.3. The Morgan fingerprint density at radius 3 is 2.07 bits per heavy atom. The Kier molecular flexibility index (Phi) is 2.01. The number of alkyl halides is 3. The summed E-state index contributed by atoms with van der Waals surface area (Å²) in [6, 6.07) is 5.24. The van der Waals surface area contributed by atoms with E-state index >= 15 is 0 Å². The highest BCUT2D eigenvalue weighted by molar-refractivity contribution is 5.26. The van der Waals surface area contributed by atoms with E-state index in [1.807, 2.05) is 0 Å². The Bertz CT molecular complexity index is 325. The van der Waals surface area contributed by atoms with Crippen molar-refractivity contribution < 1.29 is 17.6 Å². The van der Waals surface area contributed by atoms with Crippen molar-refractivity contribution in [2.24, 2.45) is 5.92 Å². The van der Waals surface area contributed by atoms with Gasteiger partial charge in [0.15, 0.2) is 0 Å². The molecule has 0 bridgehead atoms. The van der Waals surface area contributed by atoms with Gasteiger partial charge in [-0.1, -0.05) is 12.1 Å². The van der Waals surface area contributed by atoms with Crippen molar-refractivity contribution in [1.29, 1.82) is 0 Å². The van der Waals surface area contributed by atoms with Gasteiger partial charge in [-0.15, -0.1) is 0 Å². The molecule has 1 aliphatic carbocycles. The van der Waals surface area contributed by atoms with Gasteiger partial charge in [-0.25, -0.2) is 4.39 Å². The van der Waals surface area contributed by atoms with Crippen LogP contribution in [0, 0.1) is 11.7 Å². The van der Waals surface area contributed by atoms with E-state index in [-0.39, 0.29) is 6.42 Å². The molecule has 2 atom stereocenters. The van der Waals surface area contributed by atoms with Crippen LogP contribution in [0.2, 0.25) is 0 Å². The summed E-state index contributed by atoms with van der Waals surface area (Å²) >= 11 is 0. The highest BCUT2D eigenvalue weighted by Crippen LogP contribution is 2.55. The first-order valence-electron chi connectivity index (χ1n) is 4.30. The largest absolute Gasteiger partial charge is 0.392 e. The van der Waals surface area contributed by atoms with E-state index in [1.165, 1.54) is 24.3 Å².